The summed E-state index contributed by atoms with van der Waals surface area (Å²) in [6.45, 7) is 3.00. The Morgan fingerprint density at radius 1 is 1.47 bits per heavy atom. The van der Waals surface area contributed by atoms with Gasteiger partial charge in [-0.25, -0.2) is 0 Å². The van der Waals surface area contributed by atoms with Crippen molar-refractivity contribution in [2.45, 2.75) is 51.5 Å². The maximum Gasteiger partial charge on any atom is 0.236 e. The van der Waals surface area contributed by atoms with E-state index in [1.165, 1.54) is 0 Å². The smallest absolute Gasteiger partial charge is 0.236 e. The van der Waals surface area contributed by atoms with Gasteiger partial charge in [-0.05, 0) is 31.1 Å². The van der Waals surface area contributed by atoms with Crippen molar-refractivity contribution in [1.82, 2.24) is 5.32 Å². The highest BCUT2D eigenvalue weighted by Crippen LogP contribution is 2.30. The van der Waals surface area contributed by atoms with E-state index >= 15 is 0 Å². The number of hydrogen-bond donors (Lipinski definition) is 3. The maximum absolute atomic E-state index is 11.7. The highest BCUT2D eigenvalue weighted by molar-refractivity contribution is 5.81. The summed E-state index contributed by atoms with van der Waals surface area (Å²) in [4.78, 5) is 11.7. The molecule has 100 valence electrons. The van der Waals surface area contributed by atoms with Crippen molar-refractivity contribution in [3.8, 4) is 0 Å². The van der Waals surface area contributed by atoms with Crippen LogP contribution in [0.25, 0.3) is 0 Å². The average molecular weight is 242 g/mol. The predicted molar refractivity (Wildman–Crippen MR) is 68.4 cm³/mol. The summed E-state index contributed by atoms with van der Waals surface area (Å²) in [6.07, 6.45) is 6.17. The molecule has 0 radical (unpaired) electrons. The van der Waals surface area contributed by atoms with Gasteiger partial charge in [-0.2, -0.15) is 0 Å². The minimum Gasteiger partial charge on any atom is -0.396 e. The zero-order chi connectivity index (χ0) is 12.7. The van der Waals surface area contributed by atoms with Gasteiger partial charge in [-0.1, -0.05) is 26.2 Å². The van der Waals surface area contributed by atoms with E-state index in [0.29, 0.717) is 18.4 Å². The van der Waals surface area contributed by atoms with Gasteiger partial charge < -0.3 is 16.2 Å². The van der Waals surface area contributed by atoms with E-state index in [0.717, 1.165) is 38.5 Å². The standard InChI is InChI=1S/C13H26N2O2/c1-2-3-7-12(14)13(17)15-8-10-5-4-6-11(10)9-16/h10-12,16H,2-9,14H2,1H3,(H,15,17)/t10?,11?,12-/m0/s1. The second-order valence-electron chi connectivity index (χ2n) is 5.13. The van der Waals surface area contributed by atoms with E-state index < -0.39 is 0 Å². The molecule has 0 aromatic carbocycles. The lowest BCUT2D eigenvalue weighted by atomic mass is 9.97. The Bertz CT molecular complexity index is 233. The fourth-order valence-electron chi connectivity index (χ4n) is 2.54. The lowest BCUT2D eigenvalue weighted by Crippen LogP contribution is -2.43. The minimum absolute atomic E-state index is 0.0398. The Morgan fingerprint density at radius 3 is 2.82 bits per heavy atom. The molecule has 1 rings (SSSR count). The third-order valence-corrected chi connectivity index (χ3v) is 3.79. The van der Waals surface area contributed by atoms with Gasteiger partial charge in [0.05, 0.1) is 6.04 Å². The Labute approximate surface area is 104 Å². The van der Waals surface area contributed by atoms with Crippen molar-refractivity contribution in [3.63, 3.8) is 0 Å². The van der Waals surface area contributed by atoms with E-state index in [9.17, 15) is 9.90 Å². The van der Waals surface area contributed by atoms with Gasteiger partial charge in [-0.3, -0.25) is 4.79 Å². The molecule has 4 N–H and O–H groups in total. The maximum atomic E-state index is 11.7. The second kappa shape index (κ2) is 7.67. The molecule has 4 heteroatoms. The van der Waals surface area contributed by atoms with Crippen LogP contribution in [0.2, 0.25) is 0 Å². The number of nitrogens with one attached hydrogen (secondary N) is 1. The monoisotopic (exact) mass is 242 g/mol. The molecule has 1 saturated carbocycles. The first kappa shape index (κ1) is 14.5. The number of rotatable bonds is 7. The van der Waals surface area contributed by atoms with Crippen molar-refractivity contribution in [2.75, 3.05) is 13.2 Å². The third kappa shape index (κ3) is 4.64. The van der Waals surface area contributed by atoms with Crippen molar-refractivity contribution in [3.05, 3.63) is 0 Å². The van der Waals surface area contributed by atoms with Crippen LogP contribution in [-0.4, -0.2) is 30.2 Å². The van der Waals surface area contributed by atoms with Crippen LogP contribution < -0.4 is 11.1 Å². The van der Waals surface area contributed by atoms with E-state index in [1.807, 2.05) is 0 Å². The molecule has 1 fully saturated rings. The van der Waals surface area contributed by atoms with Crippen LogP contribution in [0.5, 0.6) is 0 Å². The Morgan fingerprint density at radius 2 is 2.18 bits per heavy atom. The van der Waals surface area contributed by atoms with Crippen LogP contribution in [0, 0.1) is 11.8 Å². The molecule has 0 saturated heterocycles. The number of hydrogen-bond acceptors (Lipinski definition) is 3. The van der Waals surface area contributed by atoms with Gasteiger partial charge in [-0.15, -0.1) is 0 Å². The van der Waals surface area contributed by atoms with Gasteiger partial charge in [0.2, 0.25) is 5.91 Å². The first-order valence-corrected chi connectivity index (χ1v) is 6.83. The summed E-state index contributed by atoms with van der Waals surface area (Å²) in [5, 5.41) is 12.1. The summed E-state index contributed by atoms with van der Waals surface area (Å²) in [5.74, 6) is 0.756. The normalized spacial score (nSPS) is 25.8. The number of nitrogens with two attached hydrogens (primary N) is 1. The van der Waals surface area contributed by atoms with Crippen LogP contribution in [0.3, 0.4) is 0 Å². The Hall–Kier alpha value is -0.610. The topological polar surface area (TPSA) is 75.4 Å². The van der Waals surface area contributed by atoms with Gasteiger partial charge in [0.1, 0.15) is 0 Å². The molecule has 1 aliphatic carbocycles. The van der Waals surface area contributed by atoms with E-state index in [1.54, 1.807) is 0 Å². The summed E-state index contributed by atoms with van der Waals surface area (Å²) in [7, 11) is 0. The Kier molecular flexibility index (Phi) is 6.52. The van der Waals surface area contributed by atoms with Crippen LogP contribution in [0.4, 0.5) is 0 Å². The number of carbonyl (C=O) groups excluding carboxylic acids is 1. The van der Waals surface area contributed by atoms with Crippen molar-refractivity contribution in [1.29, 1.82) is 0 Å². The average Bonchev–Trinajstić information content (AvgIpc) is 2.80. The van der Waals surface area contributed by atoms with Crippen LogP contribution in [0.15, 0.2) is 0 Å². The quantitative estimate of drug-likeness (QED) is 0.624. The highest BCUT2D eigenvalue weighted by atomic mass is 16.3. The van der Waals surface area contributed by atoms with Crippen LogP contribution in [-0.2, 0) is 4.79 Å². The van der Waals surface area contributed by atoms with Gasteiger partial charge in [0.15, 0.2) is 0 Å². The summed E-state index contributed by atoms with van der Waals surface area (Å²) in [5.41, 5.74) is 5.79. The molecule has 0 aliphatic heterocycles. The summed E-state index contributed by atoms with van der Waals surface area (Å²) < 4.78 is 0. The lowest BCUT2D eigenvalue weighted by Gasteiger charge is -2.19. The summed E-state index contributed by atoms with van der Waals surface area (Å²) >= 11 is 0. The molecule has 3 atom stereocenters. The number of aliphatic hydroxyl groups excluding tert-OH is 1. The summed E-state index contributed by atoms with van der Waals surface area (Å²) in [6, 6.07) is -0.371. The molecule has 1 amide bonds. The molecule has 17 heavy (non-hydrogen) atoms. The van der Waals surface area contributed by atoms with E-state index in [4.69, 9.17) is 5.73 Å². The molecule has 4 nitrogen and oxygen atoms in total. The van der Waals surface area contributed by atoms with Crippen molar-refractivity contribution in [2.24, 2.45) is 17.6 Å². The zero-order valence-corrected chi connectivity index (χ0v) is 10.8. The fraction of sp³-hybridized carbons (Fsp3) is 0.923. The number of amides is 1. The minimum atomic E-state index is -0.371. The molecule has 0 spiro atoms. The fourth-order valence-corrected chi connectivity index (χ4v) is 2.54. The molecule has 0 heterocycles. The zero-order valence-electron chi connectivity index (χ0n) is 10.8. The Balaban J connectivity index is 2.22. The first-order chi connectivity index (χ1) is 8.19. The van der Waals surface area contributed by atoms with Crippen molar-refractivity contribution >= 4 is 5.91 Å². The lowest BCUT2D eigenvalue weighted by molar-refractivity contribution is -0.122. The van der Waals surface area contributed by atoms with E-state index in [-0.39, 0.29) is 18.6 Å². The molecular weight excluding hydrogens is 216 g/mol. The number of carbonyl (C=O) groups is 1. The van der Waals surface area contributed by atoms with Crippen LogP contribution in [0.1, 0.15) is 45.4 Å². The van der Waals surface area contributed by atoms with Gasteiger partial charge in [0, 0.05) is 13.2 Å². The molecule has 0 aromatic rings. The van der Waals surface area contributed by atoms with Crippen LogP contribution >= 0.6 is 0 Å². The van der Waals surface area contributed by atoms with E-state index in [2.05, 4.69) is 12.2 Å². The third-order valence-electron chi connectivity index (χ3n) is 3.79. The number of unbranched alkanes of at least 4 members (excludes halogenated alkanes) is 1. The molecular formula is C13H26N2O2. The highest BCUT2D eigenvalue weighted by Gasteiger charge is 2.27. The van der Waals surface area contributed by atoms with Crippen molar-refractivity contribution < 1.29 is 9.90 Å². The van der Waals surface area contributed by atoms with Gasteiger partial charge >= 0.3 is 0 Å². The van der Waals surface area contributed by atoms with Gasteiger partial charge in [0.25, 0.3) is 0 Å². The molecule has 0 aromatic heterocycles. The molecule has 2 unspecified atom stereocenters. The second-order valence-corrected chi connectivity index (χ2v) is 5.13. The number of aliphatic hydroxyl groups is 1. The predicted octanol–water partition coefficient (Wildman–Crippen LogP) is 1.03. The SMILES string of the molecule is CCCC[C@H](N)C(=O)NCC1CCCC1CO. The largest absolute Gasteiger partial charge is 0.396 e. The molecule has 1 aliphatic rings. The molecule has 0 bridgehead atoms. The first-order valence-electron chi connectivity index (χ1n) is 6.83.